The Balaban J connectivity index is 2.30. The maximum atomic E-state index is 12.9. The van der Waals surface area contributed by atoms with Crippen LogP contribution in [0, 0.1) is 6.92 Å². The van der Waals surface area contributed by atoms with Crippen LogP contribution >= 0.6 is 0 Å². The highest BCUT2D eigenvalue weighted by Crippen LogP contribution is 2.28. The number of rotatable bonds is 3. The summed E-state index contributed by atoms with van der Waals surface area (Å²) in [5, 5.41) is 2.55. The molecule has 1 atom stereocenters. The molecule has 0 bridgehead atoms. The lowest BCUT2D eigenvalue weighted by molar-refractivity contribution is -0.141. The van der Waals surface area contributed by atoms with Gasteiger partial charge in [-0.3, -0.25) is 14.5 Å². The molecule has 26 heavy (non-hydrogen) atoms. The summed E-state index contributed by atoms with van der Waals surface area (Å²) >= 11 is 0. The number of likely N-dealkylation sites (N-methyl/N-ethyl adjacent to an activating group) is 1. The minimum absolute atomic E-state index is 0.00762. The molecule has 1 fully saturated rings. The number of aryl methyl sites for hydroxylation is 1. The van der Waals surface area contributed by atoms with Gasteiger partial charge in [0.25, 0.3) is 5.91 Å². The van der Waals surface area contributed by atoms with E-state index in [2.05, 4.69) is 15.2 Å². The van der Waals surface area contributed by atoms with E-state index >= 15 is 0 Å². The number of pyridine rings is 1. The summed E-state index contributed by atoms with van der Waals surface area (Å²) in [6.45, 7) is 6.64. The van der Waals surface area contributed by atoms with E-state index in [0.717, 1.165) is 12.1 Å². The van der Waals surface area contributed by atoms with Gasteiger partial charge >= 0.3 is 6.18 Å². The average Bonchev–Trinajstić information content (AvgIpc) is 2.59. The Morgan fingerprint density at radius 2 is 1.92 bits per heavy atom. The number of hydrogen-bond acceptors (Lipinski definition) is 4. The van der Waals surface area contributed by atoms with Crippen molar-refractivity contribution in [2.45, 2.75) is 39.0 Å². The third-order valence-corrected chi connectivity index (χ3v) is 4.56. The first kappa shape index (κ1) is 20.2. The molecule has 0 saturated carbocycles. The molecule has 0 spiro atoms. The molecule has 144 valence electrons. The van der Waals surface area contributed by atoms with Gasteiger partial charge in [0.2, 0.25) is 5.91 Å². The minimum Gasteiger partial charge on any atom is -0.357 e. The number of alkyl halides is 3. The molecule has 1 N–H and O–H groups in total. The summed E-state index contributed by atoms with van der Waals surface area (Å²) in [5.41, 5.74) is -0.976. The van der Waals surface area contributed by atoms with Crippen LogP contribution in [-0.2, 0) is 11.0 Å². The largest absolute Gasteiger partial charge is 0.433 e. The molecule has 9 heteroatoms. The molecule has 0 aromatic carbocycles. The minimum atomic E-state index is -4.57. The SMILES string of the molecule is CNC(=O)C1CN(C(C)C)CCN1C(=O)c1ccc(C(F)(F)F)nc1C. The van der Waals surface area contributed by atoms with Crippen LogP contribution in [0.1, 0.15) is 35.6 Å². The van der Waals surface area contributed by atoms with Gasteiger partial charge in [-0.25, -0.2) is 4.98 Å². The zero-order valence-electron chi connectivity index (χ0n) is 15.2. The van der Waals surface area contributed by atoms with Crippen LogP contribution in [0.4, 0.5) is 13.2 Å². The summed E-state index contributed by atoms with van der Waals surface area (Å²) in [5.74, 6) is -0.790. The number of carbonyl (C=O) groups is 2. The van der Waals surface area contributed by atoms with Gasteiger partial charge < -0.3 is 10.2 Å². The lowest BCUT2D eigenvalue weighted by Crippen LogP contribution is -2.61. The van der Waals surface area contributed by atoms with Crippen LogP contribution in [0.3, 0.4) is 0 Å². The van der Waals surface area contributed by atoms with Gasteiger partial charge in [0.1, 0.15) is 11.7 Å². The average molecular weight is 372 g/mol. The van der Waals surface area contributed by atoms with E-state index in [9.17, 15) is 22.8 Å². The van der Waals surface area contributed by atoms with Gasteiger partial charge in [-0.1, -0.05) is 0 Å². The van der Waals surface area contributed by atoms with Crippen LogP contribution in [0.5, 0.6) is 0 Å². The van der Waals surface area contributed by atoms with E-state index in [0.29, 0.717) is 19.6 Å². The van der Waals surface area contributed by atoms with Crippen LogP contribution < -0.4 is 5.32 Å². The maximum Gasteiger partial charge on any atom is 0.433 e. The van der Waals surface area contributed by atoms with E-state index < -0.39 is 23.8 Å². The Morgan fingerprint density at radius 1 is 1.27 bits per heavy atom. The number of nitrogens with zero attached hydrogens (tertiary/aromatic N) is 3. The van der Waals surface area contributed by atoms with Crippen molar-refractivity contribution >= 4 is 11.8 Å². The van der Waals surface area contributed by atoms with Crippen molar-refractivity contribution in [1.82, 2.24) is 20.1 Å². The smallest absolute Gasteiger partial charge is 0.357 e. The molecule has 1 unspecified atom stereocenters. The Morgan fingerprint density at radius 3 is 2.42 bits per heavy atom. The Kier molecular flexibility index (Phi) is 5.90. The Bertz CT molecular complexity index is 691. The second-order valence-corrected chi connectivity index (χ2v) is 6.54. The molecule has 0 aliphatic carbocycles. The molecule has 1 aliphatic heterocycles. The highest BCUT2D eigenvalue weighted by atomic mass is 19.4. The molecule has 1 aliphatic rings. The lowest BCUT2D eigenvalue weighted by Gasteiger charge is -2.42. The summed E-state index contributed by atoms with van der Waals surface area (Å²) in [6, 6.07) is 1.43. The van der Waals surface area contributed by atoms with Crippen LogP contribution in [0.2, 0.25) is 0 Å². The second-order valence-electron chi connectivity index (χ2n) is 6.54. The molecule has 0 radical (unpaired) electrons. The maximum absolute atomic E-state index is 12.9. The molecular weight excluding hydrogens is 349 g/mol. The molecule has 1 saturated heterocycles. The summed E-state index contributed by atoms with van der Waals surface area (Å²) in [4.78, 5) is 32.2. The topological polar surface area (TPSA) is 65.5 Å². The fourth-order valence-electron chi connectivity index (χ4n) is 3.01. The van der Waals surface area contributed by atoms with Crippen LogP contribution in [0.15, 0.2) is 12.1 Å². The zero-order chi connectivity index (χ0) is 19.6. The zero-order valence-corrected chi connectivity index (χ0v) is 15.2. The van der Waals surface area contributed by atoms with Crippen molar-refractivity contribution in [1.29, 1.82) is 0 Å². The van der Waals surface area contributed by atoms with Gasteiger partial charge in [-0.2, -0.15) is 13.2 Å². The van der Waals surface area contributed by atoms with Gasteiger partial charge in [-0.15, -0.1) is 0 Å². The number of amides is 2. The fraction of sp³-hybridized carbons (Fsp3) is 0.588. The van der Waals surface area contributed by atoms with Crippen molar-refractivity contribution in [3.8, 4) is 0 Å². The number of aromatic nitrogens is 1. The monoisotopic (exact) mass is 372 g/mol. The van der Waals surface area contributed by atoms with Gasteiger partial charge in [0, 0.05) is 32.7 Å². The van der Waals surface area contributed by atoms with Gasteiger partial charge in [0.15, 0.2) is 0 Å². The molecule has 6 nitrogen and oxygen atoms in total. The predicted molar refractivity (Wildman–Crippen MR) is 89.6 cm³/mol. The van der Waals surface area contributed by atoms with Gasteiger partial charge in [0.05, 0.1) is 11.3 Å². The normalized spacial score (nSPS) is 18.9. The number of halogens is 3. The molecule has 1 aromatic heterocycles. The van der Waals surface area contributed by atoms with Crippen LogP contribution in [-0.4, -0.2) is 65.4 Å². The van der Waals surface area contributed by atoms with E-state index in [1.807, 2.05) is 13.8 Å². The number of hydrogen-bond donors (Lipinski definition) is 1. The first-order valence-electron chi connectivity index (χ1n) is 8.37. The predicted octanol–water partition coefficient (Wildman–Crippen LogP) is 1.69. The van der Waals surface area contributed by atoms with Crippen molar-refractivity contribution in [2.75, 3.05) is 26.7 Å². The summed E-state index contributed by atoms with van der Waals surface area (Å²) < 4.78 is 38.3. The van der Waals surface area contributed by atoms with E-state index in [1.165, 1.54) is 18.9 Å². The molecule has 1 aromatic rings. The fourth-order valence-corrected chi connectivity index (χ4v) is 3.01. The van der Waals surface area contributed by atoms with Crippen molar-refractivity contribution in [2.24, 2.45) is 0 Å². The molecule has 2 rings (SSSR count). The van der Waals surface area contributed by atoms with E-state index in [-0.39, 0.29) is 23.2 Å². The Labute approximate surface area is 150 Å². The van der Waals surface area contributed by atoms with Crippen LogP contribution in [0.25, 0.3) is 0 Å². The highest BCUT2D eigenvalue weighted by molar-refractivity contribution is 5.98. The standard InChI is InChI=1S/C17H23F3N4O2/c1-10(2)23-7-8-24(13(9-23)15(25)21-4)16(26)12-5-6-14(17(18,19)20)22-11(12)3/h5-6,10,13H,7-9H2,1-4H3,(H,21,25). The molecular formula is C17H23F3N4O2. The molecule has 2 heterocycles. The first-order chi connectivity index (χ1) is 12.1. The third-order valence-electron chi connectivity index (χ3n) is 4.56. The summed E-state index contributed by atoms with van der Waals surface area (Å²) in [6.07, 6.45) is -4.57. The van der Waals surface area contributed by atoms with Crippen molar-refractivity contribution in [3.05, 3.63) is 29.1 Å². The third kappa shape index (κ3) is 4.14. The summed E-state index contributed by atoms with van der Waals surface area (Å²) in [7, 11) is 1.49. The van der Waals surface area contributed by atoms with E-state index in [4.69, 9.17) is 0 Å². The van der Waals surface area contributed by atoms with Crippen molar-refractivity contribution in [3.63, 3.8) is 0 Å². The number of carbonyl (C=O) groups excluding carboxylic acids is 2. The van der Waals surface area contributed by atoms with E-state index in [1.54, 1.807) is 0 Å². The lowest BCUT2D eigenvalue weighted by atomic mass is 10.1. The number of piperazine rings is 1. The van der Waals surface area contributed by atoms with Crippen molar-refractivity contribution < 1.29 is 22.8 Å². The number of nitrogens with one attached hydrogen (secondary N) is 1. The Hall–Kier alpha value is -2.16. The van der Waals surface area contributed by atoms with Gasteiger partial charge in [-0.05, 0) is 32.9 Å². The quantitative estimate of drug-likeness (QED) is 0.877. The first-order valence-corrected chi connectivity index (χ1v) is 8.37. The highest BCUT2D eigenvalue weighted by Gasteiger charge is 2.37. The second kappa shape index (κ2) is 7.61. The molecule has 2 amide bonds.